The molecule has 0 saturated carbocycles. The lowest BCUT2D eigenvalue weighted by molar-refractivity contribution is -0.141. The van der Waals surface area contributed by atoms with Crippen molar-refractivity contribution >= 4 is 29.7 Å². The Hall–Kier alpha value is -3.26. The molecule has 0 saturated heterocycles. The average Bonchev–Trinajstić information content (AvgIpc) is 3.11. The Labute approximate surface area is 191 Å². The molecule has 168 valence electrons. The van der Waals surface area contributed by atoms with Gasteiger partial charge < -0.3 is 20.5 Å². The number of alkyl carbamates (subject to hydrolysis) is 1. The molecule has 32 heavy (non-hydrogen) atoms. The maximum absolute atomic E-state index is 12.1. The number of fused-ring (bicyclic) bond motifs is 3. The number of rotatable bonds is 10. The summed E-state index contributed by atoms with van der Waals surface area (Å²) in [4.78, 5) is 35.2. The minimum absolute atomic E-state index is 0.0243. The Balaban J connectivity index is 1.46. The molecule has 0 aliphatic heterocycles. The number of hydrogen-bond acceptors (Lipinski definition) is 5. The third kappa shape index (κ3) is 5.91. The van der Waals surface area contributed by atoms with Crippen LogP contribution in [0, 0.1) is 0 Å². The molecule has 0 heterocycles. The fourth-order valence-corrected chi connectivity index (χ4v) is 4.14. The van der Waals surface area contributed by atoms with Gasteiger partial charge in [-0.2, -0.15) is 11.8 Å². The predicted octanol–water partition coefficient (Wildman–Crippen LogP) is 3.40. The third-order valence-corrected chi connectivity index (χ3v) is 5.85. The zero-order chi connectivity index (χ0) is 22.9. The molecule has 1 unspecified atom stereocenters. The third-order valence-electron chi connectivity index (χ3n) is 5.20. The van der Waals surface area contributed by atoms with Crippen LogP contribution in [0.2, 0.25) is 0 Å². The summed E-state index contributed by atoms with van der Waals surface area (Å²) in [5.74, 6) is -0.987. The normalized spacial score (nSPS) is 13.3. The van der Waals surface area contributed by atoms with E-state index in [1.807, 2.05) is 42.7 Å². The van der Waals surface area contributed by atoms with E-state index in [1.165, 1.54) is 23.9 Å². The van der Waals surface area contributed by atoms with Gasteiger partial charge in [0.05, 0.1) is 0 Å². The molecule has 8 heteroatoms. The van der Waals surface area contributed by atoms with Gasteiger partial charge in [0, 0.05) is 18.5 Å². The van der Waals surface area contributed by atoms with Crippen molar-refractivity contribution in [2.24, 2.45) is 0 Å². The van der Waals surface area contributed by atoms with Gasteiger partial charge in [-0.05, 0) is 40.7 Å². The molecule has 7 nitrogen and oxygen atoms in total. The molecule has 0 bridgehead atoms. The van der Waals surface area contributed by atoms with Crippen LogP contribution in [0.3, 0.4) is 0 Å². The number of hydrogen-bond donors (Lipinski definition) is 3. The number of ether oxygens (including phenoxy) is 1. The highest BCUT2D eigenvalue weighted by Crippen LogP contribution is 2.44. The number of carboxylic acids is 1. The minimum Gasteiger partial charge on any atom is -0.480 e. The van der Waals surface area contributed by atoms with E-state index in [0.717, 1.165) is 22.3 Å². The van der Waals surface area contributed by atoms with E-state index in [2.05, 4.69) is 22.8 Å². The molecule has 0 aromatic heterocycles. The van der Waals surface area contributed by atoms with E-state index < -0.39 is 24.0 Å². The van der Waals surface area contributed by atoms with E-state index in [-0.39, 0.29) is 19.1 Å². The molecule has 3 N–H and O–H groups in total. The van der Waals surface area contributed by atoms with Crippen molar-refractivity contribution in [1.29, 1.82) is 0 Å². The fourth-order valence-electron chi connectivity index (χ4n) is 3.67. The van der Waals surface area contributed by atoms with Gasteiger partial charge >= 0.3 is 12.1 Å². The lowest BCUT2D eigenvalue weighted by Crippen LogP contribution is -2.40. The minimum atomic E-state index is -1.07. The number of benzene rings is 2. The SMILES string of the molecule is CSCCC(NC(=O)/C=C/CNC(=O)OCC1c2ccccc2-c2ccccc21)C(=O)O. The monoisotopic (exact) mass is 454 g/mol. The maximum Gasteiger partial charge on any atom is 0.407 e. The first-order chi connectivity index (χ1) is 15.5. The molecular weight excluding hydrogens is 428 g/mol. The van der Waals surface area contributed by atoms with E-state index in [4.69, 9.17) is 9.84 Å². The zero-order valence-electron chi connectivity index (χ0n) is 17.7. The van der Waals surface area contributed by atoms with Crippen LogP contribution in [-0.2, 0) is 14.3 Å². The molecule has 2 aromatic carbocycles. The molecule has 2 aromatic rings. The Morgan fingerprint density at radius 2 is 1.72 bits per heavy atom. The first-order valence-corrected chi connectivity index (χ1v) is 11.7. The molecule has 1 aliphatic carbocycles. The summed E-state index contributed by atoms with van der Waals surface area (Å²) in [5, 5.41) is 14.2. The molecular formula is C24H26N2O5S. The van der Waals surface area contributed by atoms with Crippen LogP contribution in [0.15, 0.2) is 60.7 Å². The first-order valence-electron chi connectivity index (χ1n) is 10.3. The van der Waals surface area contributed by atoms with Gasteiger partial charge in [0.1, 0.15) is 12.6 Å². The number of thioether (sulfide) groups is 1. The Morgan fingerprint density at radius 3 is 2.31 bits per heavy atom. The van der Waals surface area contributed by atoms with Crippen molar-refractivity contribution in [1.82, 2.24) is 10.6 Å². The van der Waals surface area contributed by atoms with Crippen LogP contribution in [0.1, 0.15) is 23.5 Å². The number of carbonyl (C=O) groups excluding carboxylic acids is 2. The number of aliphatic carboxylic acids is 1. The van der Waals surface area contributed by atoms with Crippen LogP contribution in [0.5, 0.6) is 0 Å². The van der Waals surface area contributed by atoms with Gasteiger partial charge in [-0.25, -0.2) is 9.59 Å². The second-order valence-electron chi connectivity index (χ2n) is 7.29. The van der Waals surface area contributed by atoms with Crippen LogP contribution in [0.4, 0.5) is 4.79 Å². The number of amides is 2. The Bertz CT molecular complexity index is 962. The number of carboxylic acid groups (broad SMARTS) is 1. The fraction of sp³-hybridized carbons (Fsp3) is 0.292. The second-order valence-corrected chi connectivity index (χ2v) is 8.28. The van der Waals surface area contributed by atoms with Crippen molar-refractivity contribution in [2.75, 3.05) is 25.2 Å². The molecule has 1 aliphatic rings. The lowest BCUT2D eigenvalue weighted by atomic mass is 9.98. The molecule has 0 fully saturated rings. The highest BCUT2D eigenvalue weighted by Gasteiger charge is 2.28. The number of carbonyl (C=O) groups is 3. The van der Waals surface area contributed by atoms with Gasteiger partial charge in [-0.1, -0.05) is 54.6 Å². The highest BCUT2D eigenvalue weighted by atomic mass is 32.2. The summed E-state index contributed by atoms with van der Waals surface area (Å²) in [6.45, 7) is 0.298. The van der Waals surface area contributed by atoms with Gasteiger partial charge in [0.2, 0.25) is 5.91 Å². The van der Waals surface area contributed by atoms with E-state index in [0.29, 0.717) is 12.2 Å². The Morgan fingerprint density at radius 1 is 1.09 bits per heavy atom. The summed E-state index contributed by atoms with van der Waals surface area (Å²) in [6.07, 6.45) is 4.28. The van der Waals surface area contributed by atoms with Gasteiger partial charge in [0.25, 0.3) is 0 Å². The summed E-state index contributed by atoms with van der Waals surface area (Å²) >= 11 is 1.51. The lowest BCUT2D eigenvalue weighted by Gasteiger charge is -2.14. The van der Waals surface area contributed by atoms with Crippen LogP contribution >= 0.6 is 11.8 Å². The molecule has 2 amide bonds. The van der Waals surface area contributed by atoms with E-state index in [1.54, 1.807) is 0 Å². The number of nitrogens with one attached hydrogen (secondary N) is 2. The van der Waals surface area contributed by atoms with E-state index in [9.17, 15) is 14.4 Å². The maximum atomic E-state index is 12.1. The van der Waals surface area contributed by atoms with Gasteiger partial charge in [-0.15, -0.1) is 0 Å². The van der Waals surface area contributed by atoms with Crippen molar-refractivity contribution in [3.05, 3.63) is 71.8 Å². The molecule has 0 spiro atoms. The standard InChI is InChI=1S/C24H26N2O5S/c1-32-14-12-21(23(28)29)26-22(27)11-6-13-25-24(30)31-15-20-18-9-4-2-7-16(18)17-8-3-5-10-19(17)20/h2-11,20-21H,12-15H2,1H3,(H,25,30)(H,26,27)(H,28,29)/b11-6+. The molecule has 1 atom stereocenters. The Kier molecular flexibility index (Phi) is 8.33. The van der Waals surface area contributed by atoms with Crippen molar-refractivity contribution < 1.29 is 24.2 Å². The predicted molar refractivity (Wildman–Crippen MR) is 125 cm³/mol. The largest absolute Gasteiger partial charge is 0.480 e. The van der Waals surface area contributed by atoms with Crippen LogP contribution < -0.4 is 10.6 Å². The van der Waals surface area contributed by atoms with Crippen LogP contribution in [0.25, 0.3) is 11.1 Å². The summed E-state index contributed by atoms with van der Waals surface area (Å²) in [6, 6.07) is 15.2. The van der Waals surface area contributed by atoms with Gasteiger partial charge in [-0.3, -0.25) is 4.79 Å². The quantitative estimate of drug-likeness (QED) is 0.475. The summed E-state index contributed by atoms with van der Waals surface area (Å²) < 4.78 is 5.42. The highest BCUT2D eigenvalue weighted by molar-refractivity contribution is 7.98. The summed E-state index contributed by atoms with van der Waals surface area (Å²) in [5.41, 5.74) is 4.58. The van der Waals surface area contributed by atoms with E-state index >= 15 is 0 Å². The van der Waals surface area contributed by atoms with Crippen LogP contribution in [-0.4, -0.2) is 54.3 Å². The second kappa shape index (κ2) is 11.4. The molecule has 0 radical (unpaired) electrons. The zero-order valence-corrected chi connectivity index (χ0v) is 18.6. The van der Waals surface area contributed by atoms with Crippen molar-refractivity contribution in [3.63, 3.8) is 0 Å². The first kappa shape index (κ1) is 23.4. The average molecular weight is 455 g/mol. The topological polar surface area (TPSA) is 105 Å². The van der Waals surface area contributed by atoms with Crippen molar-refractivity contribution in [3.8, 4) is 11.1 Å². The smallest absolute Gasteiger partial charge is 0.407 e. The molecule has 3 rings (SSSR count). The van der Waals surface area contributed by atoms with Gasteiger partial charge in [0.15, 0.2) is 0 Å². The van der Waals surface area contributed by atoms with Crippen molar-refractivity contribution in [2.45, 2.75) is 18.4 Å². The summed E-state index contributed by atoms with van der Waals surface area (Å²) in [7, 11) is 0.